The summed E-state index contributed by atoms with van der Waals surface area (Å²) < 4.78 is 95.1. The van der Waals surface area contributed by atoms with Gasteiger partial charge < -0.3 is 20.5 Å². The summed E-state index contributed by atoms with van der Waals surface area (Å²) in [5.74, 6) is -3.98. The molecule has 0 radical (unpaired) electrons. The zero-order valence-electron chi connectivity index (χ0n) is 23.6. The SMILES string of the molecule is CCC(F)(F)c1ccc(CN)cc1.O=C(O)[C@H]1CN(c2ccn3ncnc3n2)CCN1S(=O)(=O)c1ccc(OC(F)(F)F)cc1. The lowest BCUT2D eigenvalue weighted by molar-refractivity contribution is -0.274. The maximum atomic E-state index is 13.1. The van der Waals surface area contributed by atoms with Crippen molar-refractivity contribution in [1.29, 1.82) is 0 Å². The molecule has 2 aromatic carbocycles. The number of benzene rings is 2. The summed E-state index contributed by atoms with van der Waals surface area (Å²) >= 11 is 0. The topological polar surface area (TPSA) is 156 Å². The van der Waals surface area contributed by atoms with Crippen LogP contribution in [0.4, 0.5) is 27.8 Å². The smallest absolute Gasteiger partial charge is 0.480 e. The van der Waals surface area contributed by atoms with Crippen LogP contribution in [0.3, 0.4) is 0 Å². The predicted octanol–water partition coefficient (Wildman–Crippen LogP) is 3.63. The van der Waals surface area contributed by atoms with Gasteiger partial charge in [-0.15, -0.1) is 13.2 Å². The number of rotatable bonds is 8. The molecule has 0 spiro atoms. The molecule has 3 heterocycles. The fraction of sp³-hybridized carbons (Fsp3) is 0.333. The maximum absolute atomic E-state index is 13.1. The van der Waals surface area contributed by atoms with Crippen molar-refractivity contribution in [2.75, 3.05) is 24.5 Å². The van der Waals surface area contributed by atoms with Crippen molar-refractivity contribution in [2.45, 2.75) is 43.1 Å². The van der Waals surface area contributed by atoms with Crippen LogP contribution in [0, 0.1) is 0 Å². The van der Waals surface area contributed by atoms with Crippen molar-refractivity contribution in [3.63, 3.8) is 0 Å². The summed E-state index contributed by atoms with van der Waals surface area (Å²) in [6.45, 7) is 1.62. The Balaban J connectivity index is 0.000000297. The number of aromatic nitrogens is 4. The van der Waals surface area contributed by atoms with Gasteiger partial charge in [0, 0.05) is 44.4 Å². The molecule has 1 saturated heterocycles. The Morgan fingerprint density at radius 1 is 1.04 bits per heavy atom. The molecule has 4 aromatic rings. The quantitative estimate of drug-likeness (QED) is 0.268. The van der Waals surface area contributed by atoms with Gasteiger partial charge in [0.1, 0.15) is 23.9 Å². The number of carboxylic acid groups (broad SMARTS) is 1. The van der Waals surface area contributed by atoms with Gasteiger partial charge in [-0.05, 0) is 35.9 Å². The van der Waals surface area contributed by atoms with E-state index >= 15 is 0 Å². The first-order valence-electron chi connectivity index (χ1n) is 13.3. The molecule has 5 rings (SSSR count). The third-order valence-electron chi connectivity index (χ3n) is 6.79. The molecule has 0 aliphatic carbocycles. The van der Waals surface area contributed by atoms with E-state index in [1.807, 2.05) is 0 Å². The van der Waals surface area contributed by atoms with Gasteiger partial charge >= 0.3 is 12.3 Å². The highest BCUT2D eigenvalue weighted by atomic mass is 32.2. The molecule has 0 bridgehead atoms. The molecule has 242 valence electrons. The van der Waals surface area contributed by atoms with Gasteiger partial charge in [-0.2, -0.15) is 19.4 Å². The number of carbonyl (C=O) groups is 1. The van der Waals surface area contributed by atoms with Crippen LogP contribution in [-0.4, -0.2) is 75.4 Å². The number of piperazine rings is 1. The number of sulfonamides is 1. The van der Waals surface area contributed by atoms with Crippen molar-refractivity contribution >= 4 is 27.6 Å². The molecule has 45 heavy (non-hydrogen) atoms. The van der Waals surface area contributed by atoms with Gasteiger partial charge in [-0.25, -0.2) is 21.7 Å². The second-order valence-electron chi connectivity index (χ2n) is 9.68. The number of hydrogen-bond donors (Lipinski definition) is 2. The molecule has 12 nitrogen and oxygen atoms in total. The van der Waals surface area contributed by atoms with Crippen molar-refractivity contribution in [3.05, 3.63) is 78.2 Å². The van der Waals surface area contributed by atoms with E-state index in [0.717, 1.165) is 34.1 Å². The van der Waals surface area contributed by atoms with Gasteiger partial charge in [0.15, 0.2) is 0 Å². The lowest BCUT2D eigenvalue weighted by Crippen LogP contribution is -2.58. The zero-order valence-corrected chi connectivity index (χ0v) is 24.4. The lowest BCUT2D eigenvalue weighted by Gasteiger charge is -2.38. The molecule has 0 unspecified atom stereocenters. The van der Waals surface area contributed by atoms with Gasteiger partial charge in [-0.1, -0.05) is 31.2 Å². The average Bonchev–Trinajstić information content (AvgIpc) is 3.49. The normalized spacial score (nSPS) is 16.2. The van der Waals surface area contributed by atoms with E-state index in [1.165, 1.54) is 29.9 Å². The van der Waals surface area contributed by atoms with E-state index in [4.69, 9.17) is 5.73 Å². The number of nitrogens with zero attached hydrogens (tertiary/aromatic N) is 6. The standard InChI is InChI=1S/C17H15F3N6O5S.C10H13F2N/c18-17(19,20)31-11-1-3-12(4-2-11)32(29,30)26-8-7-24(9-13(26)15(27)28)14-5-6-25-16(23-14)21-10-22-25;1-2-10(11,12)9-5-3-8(7-13)4-6-9/h1-6,10,13H,7-9H2,(H,27,28);3-6H,2,7,13H2,1H3/t13-;/m1./s1. The number of alkyl halides is 5. The van der Waals surface area contributed by atoms with Crippen molar-refractivity contribution in [3.8, 4) is 5.75 Å². The molecule has 1 atom stereocenters. The van der Waals surface area contributed by atoms with Crippen LogP contribution in [0.15, 0.2) is 72.0 Å². The Bertz CT molecular complexity index is 1720. The van der Waals surface area contributed by atoms with Gasteiger partial charge in [0.25, 0.3) is 11.7 Å². The Hall–Kier alpha value is -4.42. The molecule has 0 amide bonds. The van der Waals surface area contributed by atoms with Crippen molar-refractivity contribution in [2.24, 2.45) is 5.73 Å². The highest BCUT2D eigenvalue weighted by Crippen LogP contribution is 2.31. The minimum atomic E-state index is -4.92. The van der Waals surface area contributed by atoms with Crippen LogP contribution in [0.2, 0.25) is 0 Å². The van der Waals surface area contributed by atoms with E-state index in [2.05, 4.69) is 19.8 Å². The van der Waals surface area contributed by atoms with Crippen molar-refractivity contribution < 1.29 is 45.0 Å². The largest absolute Gasteiger partial charge is 0.573 e. The zero-order chi connectivity index (χ0) is 33.0. The molecule has 3 N–H and O–H groups in total. The first kappa shape index (κ1) is 33.5. The summed E-state index contributed by atoms with van der Waals surface area (Å²) in [6, 6.07) is 9.87. The van der Waals surface area contributed by atoms with Crippen molar-refractivity contribution in [1.82, 2.24) is 23.9 Å². The highest BCUT2D eigenvalue weighted by molar-refractivity contribution is 7.89. The molecule has 1 aliphatic heterocycles. The van der Waals surface area contributed by atoms with E-state index in [1.54, 1.807) is 29.3 Å². The van der Waals surface area contributed by atoms with Crippen LogP contribution in [0.5, 0.6) is 5.75 Å². The first-order valence-corrected chi connectivity index (χ1v) is 14.8. The molecular weight excluding hydrogens is 629 g/mol. The third-order valence-corrected chi connectivity index (χ3v) is 8.72. The fourth-order valence-electron chi connectivity index (χ4n) is 4.38. The fourth-order valence-corrected chi connectivity index (χ4v) is 5.95. The van der Waals surface area contributed by atoms with E-state index in [0.29, 0.717) is 18.1 Å². The van der Waals surface area contributed by atoms with Gasteiger partial charge in [0.05, 0.1) is 4.90 Å². The Kier molecular flexibility index (Phi) is 9.89. The third kappa shape index (κ3) is 8.00. The summed E-state index contributed by atoms with van der Waals surface area (Å²) in [6.07, 6.45) is -2.20. The summed E-state index contributed by atoms with van der Waals surface area (Å²) in [5.41, 5.74) is 6.29. The van der Waals surface area contributed by atoms with E-state index in [-0.39, 0.29) is 36.5 Å². The van der Waals surface area contributed by atoms with Crippen LogP contribution in [0.25, 0.3) is 5.78 Å². The minimum absolute atomic E-state index is 0.0622. The number of nitrogens with two attached hydrogens (primary N) is 1. The number of ether oxygens (including phenoxy) is 1. The molecule has 18 heteroatoms. The molecular formula is C27H28F5N7O5S. The van der Waals surface area contributed by atoms with Crippen LogP contribution in [-0.2, 0) is 27.3 Å². The Morgan fingerprint density at radius 2 is 1.71 bits per heavy atom. The van der Waals surface area contributed by atoms with E-state index < -0.39 is 40.1 Å². The molecule has 1 fully saturated rings. The molecule has 2 aromatic heterocycles. The second kappa shape index (κ2) is 13.3. The summed E-state index contributed by atoms with van der Waals surface area (Å²) in [4.78, 5) is 21.4. The molecule has 0 saturated carbocycles. The first-order chi connectivity index (χ1) is 21.1. The molecule has 1 aliphatic rings. The monoisotopic (exact) mass is 657 g/mol. The minimum Gasteiger partial charge on any atom is -0.480 e. The number of hydrogen-bond acceptors (Lipinski definition) is 9. The van der Waals surface area contributed by atoms with Gasteiger partial charge in [0.2, 0.25) is 10.0 Å². The Labute approximate surface area is 253 Å². The number of aliphatic carboxylic acids is 1. The second-order valence-corrected chi connectivity index (χ2v) is 11.6. The number of carboxylic acids is 1. The summed E-state index contributed by atoms with van der Waals surface area (Å²) in [5, 5.41) is 13.6. The van der Waals surface area contributed by atoms with Crippen LogP contribution < -0.4 is 15.4 Å². The number of halogens is 5. The maximum Gasteiger partial charge on any atom is 0.573 e. The number of anilines is 1. The summed E-state index contributed by atoms with van der Waals surface area (Å²) in [7, 11) is -4.31. The predicted molar refractivity (Wildman–Crippen MR) is 150 cm³/mol. The average molecular weight is 658 g/mol. The van der Waals surface area contributed by atoms with Crippen LogP contribution in [0.1, 0.15) is 24.5 Å². The van der Waals surface area contributed by atoms with Gasteiger partial charge in [-0.3, -0.25) is 4.79 Å². The highest BCUT2D eigenvalue weighted by Gasteiger charge is 2.41. The lowest BCUT2D eigenvalue weighted by atomic mass is 10.0. The Morgan fingerprint density at radius 3 is 2.29 bits per heavy atom. The number of fused-ring (bicyclic) bond motifs is 1. The van der Waals surface area contributed by atoms with E-state index in [9.17, 15) is 40.3 Å². The van der Waals surface area contributed by atoms with Crippen LogP contribution >= 0.6 is 0 Å².